The molecule has 2 heterocycles. The zero-order valence-corrected chi connectivity index (χ0v) is 14.7. The van der Waals surface area contributed by atoms with Gasteiger partial charge in [-0.1, -0.05) is 25.1 Å². The molecule has 0 N–H and O–H groups in total. The van der Waals surface area contributed by atoms with E-state index in [2.05, 4.69) is 0 Å². The summed E-state index contributed by atoms with van der Waals surface area (Å²) in [5, 5.41) is 1.72. The highest BCUT2D eigenvalue weighted by atomic mass is 16.7. The lowest BCUT2D eigenvalue weighted by molar-refractivity contribution is -0.126. The average molecular weight is 352 g/mol. The average Bonchev–Trinajstić information content (AvgIpc) is 3.19. The van der Waals surface area contributed by atoms with Crippen molar-refractivity contribution in [3.8, 4) is 5.75 Å². The first kappa shape index (κ1) is 16.6. The molecule has 4 rings (SSSR count). The van der Waals surface area contributed by atoms with E-state index in [0.717, 1.165) is 5.69 Å². The van der Waals surface area contributed by atoms with Crippen molar-refractivity contribution in [2.24, 2.45) is 5.92 Å². The van der Waals surface area contributed by atoms with Gasteiger partial charge in [-0.3, -0.25) is 14.4 Å². The number of para-hydroxylation sites is 1. The number of hydroxylamine groups is 1. The van der Waals surface area contributed by atoms with E-state index in [0.29, 0.717) is 17.9 Å². The van der Waals surface area contributed by atoms with Crippen molar-refractivity contribution in [2.45, 2.75) is 25.5 Å². The summed E-state index contributed by atoms with van der Waals surface area (Å²) in [6, 6.07) is 16.3. The molecule has 6 heteroatoms. The van der Waals surface area contributed by atoms with Gasteiger partial charge in [0.05, 0.1) is 30.4 Å². The number of benzene rings is 2. The SMILES string of the molecule is CC[C@@H]1[C@@H]2C(=O)N(c3ccc(OC)cc3)C(=O)[C@@H]2ON1c1ccccc1. The summed E-state index contributed by atoms with van der Waals surface area (Å²) in [7, 11) is 1.57. The Morgan fingerprint density at radius 3 is 2.27 bits per heavy atom. The number of ether oxygens (including phenoxy) is 1. The molecule has 0 bridgehead atoms. The standard InChI is InChI=1S/C20H20N2O4/c1-3-16-17-18(26-22(16)14-7-5-4-6-8-14)20(24)21(19(17)23)13-9-11-15(25-2)12-10-13/h4-12,16-18H,3H2,1-2H3/t16-,17+,18-/m1/s1. The summed E-state index contributed by atoms with van der Waals surface area (Å²) in [5.74, 6) is -0.363. The van der Waals surface area contributed by atoms with Crippen LogP contribution in [-0.2, 0) is 14.4 Å². The number of fused-ring (bicyclic) bond motifs is 1. The van der Waals surface area contributed by atoms with Crippen molar-refractivity contribution in [1.29, 1.82) is 0 Å². The maximum atomic E-state index is 13.1. The number of anilines is 2. The molecule has 2 aromatic rings. The predicted octanol–water partition coefficient (Wildman–Crippen LogP) is 2.78. The van der Waals surface area contributed by atoms with Crippen LogP contribution in [0.4, 0.5) is 11.4 Å². The van der Waals surface area contributed by atoms with E-state index in [1.165, 1.54) is 4.90 Å². The molecule has 0 aliphatic carbocycles. The van der Waals surface area contributed by atoms with Crippen molar-refractivity contribution in [3.63, 3.8) is 0 Å². The van der Waals surface area contributed by atoms with Gasteiger partial charge in [0.2, 0.25) is 5.91 Å². The van der Waals surface area contributed by atoms with Crippen molar-refractivity contribution < 1.29 is 19.2 Å². The summed E-state index contributed by atoms with van der Waals surface area (Å²) in [6.45, 7) is 2.00. The molecule has 2 aromatic carbocycles. The van der Waals surface area contributed by atoms with Gasteiger partial charge in [-0.15, -0.1) is 0 Å². The fourth-order valence-corrected chi connectivity index (χ4v) is 3.72. The first-order valence-electron chi connectivity index (χ1n) is 8.68. The minimum Gasteiger partial charge on any atom is -0.497 e. The molecule has 26 heavy (non-hydrogen) atoms. The fraction of sp³-hybridized carbons (Fsp3) is 0.300. The van der Waals surface area contributed by atoms with Gasteiger partial charge in [0.15, 0.2) is 6.10 Å². The molecule has 2 aliphatic rings. The van der Waals surface area contributed by atoms with E-state index in [-0.39, 0.29) is 17.9 Å². The summed E-state index contributed by atoms with van der Waals surface area (Å²) in [4.78, 5) is 33.2. The summed E-state index contributed by atoms with van der Waals surface area (Å²) in [6.07, 6.45) is -0.0827. The van der Waals surface area contributed by atoms with Crippen LogP contribution in [0.1, 0.15) is 13.3 Å². The lowest BCUT2D eigenvalue weighted by Crippen LogP contribution is -2.40. The minimum atomic E-state index is -0.783. The predicted molar refractivity (Wildman–Crippen MR) is 96.9 cm³/mol. The highest BCUT2D eigenvalue weighted by Crippen LogP contribution is 2.41. The number of hydrogen-bond acceptors (Lipinski definition) is 5. The van der Waals surface area contributed by atoms with Crippen LogP contribution < -0.4 is 14.7 Å². The third-order valence-corrected chi connectivity index (χ3v) is 5.00. The lowest BCUT2D eigenvalue weighted by Gasteiger charge is -2.27. The second kappa shape index (κ2) is 6.46. The van der Waals surface area contributed by atoms with Crippen LogP contribution in [0.25, 0.3) is 0 Å². The number of nitrogens with zero attached hydrogens (tertiary/aromatic N) is 2. The highest BCUT2D eigenvalue weighted by Gasteiger charge is 2.59. The molecular weight excluding hydrogens is 332 g/mol. The van der Waals surface area contributed by atoms with Crippen molar-refractivity contribution in [2.75, 3.05) is 17.1 Å². The third-order valence-electron chi connectivity index (χ3n) is 5.00. The smallest absolute Gasteiger partial charge is 0.266 e. The van der Waals surface area contributed by atoms with Crippen LogP contribution in [0.2, 0.25) is 0 Å². The van der Waals surface area contributed by atoms with Crippen LogP contribution in [0.15, 0.2) is 54.6 Å². The zero-order chi connectivity index (χ0) is 18.3. The van der Waals surface area contributed by atoms with Gasteiger partial charge in [0, 0.05) is 0 Å². The zero-order valence-electron chi connectivity index (χ0n) is 14.7. The van der Waals surface area contributed by atoms with E-state index >= 15 is 0 Å². The number of rotatable bonds is 4. The molecule has 2 fully saturated rings. The topological polar surface area (TPSA) is 59.1 Å². The molecule has 0 radical (unpaired) electrons. The van der Waals surface area contributed by atoms with Gasteiger partial charge in [0.1, 0.15) is 5.75 Å². The number of amides is 2. The van der Waals surface area contributed by atoms with Crippen LogP contribution in [0, 0.1) is 5.92 Å². The van der Waals surface area contributed by atoms with Gasteiger partial charge >= 0.3 is 0 Å². The lowest BCUT2D eigenvalue weighted by atomic mass is 9.94. The van der Waals surface area contributed by atoms with Crippen molar-refractivity contribution >= 4 is 23.2 Å². The van der Waals surface area contributed by atoms with Crippen molar-refractivity contribution in [3.05, 3.63) is 54.6 Å². The number of carbonyl (C=O) groups excluding carboxylic acids is 2. The van der Waals surface area contributed by atoms with Gasteiger partial charge < -0.3 is 4.74 Å². The Labute approximate surface area is 151 Å². The van der Waals surface area contributed by atoms with Gasteiger partial charge in [0.25, 0.3) is 5.91 Å². The monoisotopic (exact) mass is 352 g/mol. The molecule has 134 valence electrons. The number of carbonyl (C=O) groups is 2. The summed E-state index contributed by atoms with van der Waals surface area (Å²) < 4.78 is 5.14. The second-order valence-electron chi connectivity index (χ2n) is 6.40. The maximum Gasteiger partial charge on any atom is 0.266 e. The second-order valence-corrected chi connectivity index (χ2v) is 6.40. The van der Waals surface area contributed by atoms with Crippen LogP contribution in [0.3, 0.4) is 0 Å². The van der Waals surface area contributed by atoms with Crippen LogP contribution in [-0.4, -0.2) is 31.1 Å². The number of imide groups is 1. The molecule has 0 saturated carbocycles. The molecule has 0 unspecified atom stereocenters. The summed E-state index contributed by atoms with van der Waals surface area (Å²) in [5.41, 5.74) is 1.39. The molecule has 0 aromatic heterocycles. The van der Waals surface area contributed by atoms with E-state index in [1.54, 1.807) is 36.4 Å². The number of hydrogen-bond donors (Lipinski definition) is 0. The van der Waals surface area contributed by atoms with Gasteiger partial charge in [-0.25, -0.2) is 9.96 Å². The highest BCUT2D eigenvalue weighted by molar-refractivity contribution is 6.23. The Bertz CT molecular complexity index is 821. The maximum absolute atomic E-state index is 13.1. The van der Waals surface area contributed by atoms with Gasteiger partial charge in [-0.05, 0) is 42.8 Å². The van der Waals surface area contributed by atoms with E-state index in [1.807, 2.05) is 37.3 Å². The van der Waals surface area contributed by atoms with Gasteiger partial charge in [-0.2, -0.15) is 0 Å². The molecule has 0 spiro atoms. The normalized spacial score (nSPS) is 24.9. The third kappa shape index (κ3) is 2.45. The molecule has 6 nitrogen and oxygen atoms in total. The van der Waals surface area contributed by atoms with Crippen LogP contribution >= 0.6 is 0 Å². The van der Waals surface area contributed by atoms with E-state index in [9.17, 15) is 9.59 Å². The Morgan fingerprint density at radius 1 is 0.962 bits per heavy atom. The molecule has 2 amide bonds. The Morgan fingerprint density at radius 2 is 1.65 bits per heavy atom. The van der Waals surface area contributed by atoms with E-state index in [4.69, 9.17) is 9.57 Å². The fourth-order valence-electron chi connectivity index (χ4n) is 3.72. The largest absolute Gasteiger partial charge is 0.497 e. The minimum absolute atomic E-state index is 0.179. The Hall–Kier alpha value is -2.86. The molecule has 3 atom stereocenters. The first-order chi connectivity index (χ1) is 12.7. The molecule has 2 saturated heterocycles. The van der Waals surface area contributed by atoms with E-state index < -0.39 is 12.0 Å². The van der Waals surface area contributed by atoms with Crippen LogP contribution in [0.5, 0.6) is 5.75 Å². The molecular formula is C20H20N2O4. The number of methoxy groups -OCH3 is 1. The summed E-state index contributed by atoms with van der Waals surface area (Å²) >= 11 is 0. The Kier molecular flexibility index (Phi) is 4.12. The Balaban J connectivity index is 1.64. The quantitative estimate of drug-likeness (QED) is 0.792. The first-order valence-corrected chi connectivity index (χ1v) is 8.68. The molecule has 2 aliphatic heterocycles. The van der Waals surface area contributed by atoms with Crippen molar-refractivity contribution in [1.82, 2.24) is 0 Å².